The van der Waals surface area contributed by atoms with E-state index >= 15 is 0 Å². The summed E-state index contributed by atoms with van der Waals surface area (Å²) in [5.41, 5.74) is 0. The summed E-state index contributed by atoms with van der Waals surface area (Å²) in [4.78, 5) is 14.2. The molecule has 0 aromatic rings. The Morgan fingerprint density at radius 2 is 1.94 bits per heavy atom. The molecule has 1 amide bonds. The first-order valence-electron chi connectivity index (χ1n) is 6.23. The SMILES string of the molecule is CC(C)CN(C(=O)CSC(C)(C)C)C1CC1. The van der Waals surface area contributed by atoms with E-state index in [1.54, 1.807) is 11.8 Å². The van der Waals surface area contributed by atoms with Gasteiger partial charge in [-0.15, -0.1) is 11.8 Å². The predicted molar refractivity (Wildman–Crippen MR) is 71.8 cm³/mol. The molecule has 16 heavy (non-hydrogen) atoms. The highest BCUT2D eigenvalue weighted by molar-refractivity contribution is 8.01. The second-order valence-electron chi connectivity index (χ2n) is 6.07. The minimum atomic E-state index is 0.183. The van der Waals surface area contributed by atoms with Gasteiger partial charge in [-0.25, -0.2) is 0 Å². The monoisotopic (exact) mass is 243 g/mol. The Kier molecular flexibility index (Phi) is 4.72. The molecule has 1 aliphatic carbocycles. The third-order valence-electron chi connectivity index (χ3n) is 2.50. The molecule has 1 aliphatic rings. The van der Waals surface area contributed by atoms with E-state index in [4.69, 9.17) is 0 Å². The van der Waals surface area contributed by atoms with Gasteiger partial charge in [-0.3, -0.25) is 4.79 Å². The van der Waals surface area contributed by atoms with Crippen molar-refractivity contribution in [3.8, 4) is 0 Å². The van der Waals surface area contributed by atoms with Crippen molar-refractivity contribution in [3.05, 3.63) is 0 Å². The molecular weight excluding hydrogens is 218 g/mol. The molecule has 1 rings (SSSR count). The number of nitrogens with zero attached hydrogens (tertiary/aromatic N) is 1. The minimum absolute atomic E-state index is 0.183. The van der Waals surface area contributed by atoms with Gasteiger partial charge < -0.3 is 4.90 Å². The Morgan fingerprint density at radius 3 is 2.31 bits per heavy atom. The zero-order chi connectivity index (χ0) is 12.3. The van der Waals surface area contributed by atoms with Crippen LogP contribution in [-0.4, -0.2) is 33.9 Å². The molecule has 0 N–H and O–H groups in total. The third kappa shape index (κ3) is 5.24. The maximum atomic E-state index is 12.1. The van der Waals surface area contributed by atoms with Crippen LogP contribution in [0.25, 0.3) is 0 Å². The van der Waals surface area contributed by atoms with E-state index in [0.717, 1.165) is 6.54 Å². The van der Waals surface area contributed by atoms with Gasteiger partial charge in [-0.2, -0.15) is 0 Å². The number of hydrogen-bond acceptors (Lipinski definition) is 2. The molecule has 1 saturated carbocycles. The number of rotatable bonds is 5. The van der Waals surface area contributed by atoms with Crippen molar-refractivity contribution in [2.75, 3.05) is 12.3 Å². The van der Waals surface area contributed by atoms with Crippen LogP contribution in [0.4, 0.5) is 0 Å². The summed E-state index contributed by atoms with van der Waals surface area (Å²) in [6, 6.07) is 0.551. The second-order valence-corrected chi connectivity index (χ2v) is 7.87. The molecule has 94 valence electrons. The predicted octanol–water partition coefficient (Wildman–Crippen LogP) is 3.17. The molecule has 0 unspecified atom stereocenters. The van der Waals surface area contributed by atoms with Gasteiger partial charge in [0.25, 0.3) is 0 Å². The van der Waals surface area contributed by atoms with Crippen molar-refractivity contribution in [1.82, 2.24) is 4.90 Å². The zero-order valence-electron chi connectivity index (χ0n) is 11.2. The Labute approximate surface area is 104 Å². The van der Waals surface area contributed by atoms with Crippen molar-refractivity contribution in [2.24, 2.45) is 5.92 Å². The lowest BCUT2D eigenvalue weighted by molar-refractivity contribution is -0.129. The molecule has 0 bridgehead atoms. The molecule has 0 heterocycles. The molecule has 0 aromatic carbocycles. The summed E-state index contributed by atoms with van der Waals surface area (Å²) >= 11 is 1.75. The molecular formula is C13H25NOS. The molecule has 0 aliphatic heterocycles. The number of amides is 1. The molecule has 2 nitrogen and oxygen atoms in total. The van der Waals surface area contributed by atoms with Crippen LogP contribution in [0.3, 0.4) is 0 Å². The highest BCUT2D eigenvalue weighted by atomic mass is 32.2. The average Bonchev–Trinajstić information content (AvgIpc) is 2.92. The van der Waals surface area contributed by atoms with Gasteiger partial charge in [0.2, 0.25) is 5.91 Å². The lowest BCUT2D eigenvalue weighted by Gasteiger charge is -2.26. The number of carbonyl (C=O) groups is 1. The van der Waals surface area contributed by atoms with E-state index in [1.807, 2.05) is 0 Å². The van der Waals surface area contributed by atoms with Gasteiger partial charge in [0.15, 0.2) is 0 Å². The molecule has 3 heteroatoms. The lowest BCUT2D eigenvalue weighted by atomic mass is 10.2. The first-order chi connectivity index (χ1) is 7.29. The first kappa shape index (κ1) is 13.9. The average molecular weight is 243 g/mol. The van der Waals surface area contributed by atoms with Crippen molar-refractivity contribution in [2.45, 2.75) is 58.2 Å². The minimum Gasteiger partial charge on any atom is -0.339 e. The molecule has 0 radical (unpaired) electrons. The van der Waals surface area contributed by atoms with Crippen molar-refractivity contribution < 1.29 is 4.79 Å². The summed E-state index contributed by atoms with van der Waals surface area (Å²) in [6.45, 7) is 11.8. The highest BCUT2D eigenvalue weighted by Gasteiger charge is 2.32. The van der Waals surface area contributed by atoms with E-state index in [1.165, 1.54) is 12.8 Å². The van der Waals surface area contributed by atoms with Crippen LogP contribution in [0.5, 0.6) is 0 Å². The molecule has 0 spiro atoms. The summed E-state index contributed by atoms with van der Waals surface area (Å²) in [5, 5.41) is 0. The topological polar surface area (TPSA) is 20.3 Å². The van der Waals surface area contributed by atoms with Crippen LogP contribution in [0.15, 0.2) is 0 Å². The lowest BCUT2D eigenvalue weighted by Crippen LogP contribution is -2.37. The fourth-order valence-corrected chi connectivity index (χ4v) is 2.32. The van der Waals surface area contributed by atoms with Crippen molar-refractivity contribution in [1.29, 1.82) is 0 Å². The summed E-state index contributed by atoms with van der Waals surface area (Å²) in [5.74, 6) is 1.53. The quantitative estimate of drug-likeness (QED) is 0.739. The van der Waals surface area contributed by atoms with Crippen LogP contribution in [0, 0.1) is 5.92 Å². The summed E-state index contributed by atoms with van der Waals surface area (Å²) in [7, 11) is 0. The van der Waals surface area contributed by atoms with Gasteiger partial charge in [0.05, 0.1) is 5.75 Å². The Hall–Kier alpha value is -0.180. The van der Waals surface area contributed by atoms with Crippen LogP contribution in [0.1, 0.15) is 47.5 Å². The fourth-order valence-electron chi connectivity index (χ4n) is 1.60. The Bertz CT molecular complexity index is 241. The number of carbonyl (C=O) groups excluding carboxylic acids is 1. The molecule has 0 aromatic heterocycles. The van der Waals surface area contributed by atoms with Gasteiger partial charge in [-0.1, -0.05) is 34.6 Å². The zero-order valence-corrected chi connectivity index (χ0v) is 12.1. The van der Waals surface area contributed by atoms with E-state index in [9.17, 15) is 4.79 Å². The first-order valence-corrected chi connectivity index (χ1v) is 7.21. The van der Waals surface area contributed by atoms with Crippen molar-refractivity contribution in [3.63, 3.8) is 0 Å². The normalized spacial score (nSPS) is 16.6. The molecule has 0 saturated heterocycles. The maximum Gasteiger partial charge on any atom is 0.232 e. The van der Waals surface area contributed by atoms with Crippen LogP contribution in [-0.2, 0) is 4.79 Å². The maximum absolute atomic E-state index is 12.1. The number of thioether (sulfide) groups is 1. The molecule has 0 atom stereocenters. The van der Waals surface area contributed by atoms with E-state index in [0.29, 0.717) is 23.6 Å². The standard InChI is InChI=1S/C13H25NOS/c1-10(2)8-14(11-6-7-11)12(15)9-16-13(3,4)5/h10-11H,6-9H2,1-5H3. The van der Waals surface area contributed by atoms with Crippen molar-refractivity contribution >= 4 is 17.7 Å². The van der Waals surface area contributed by atoms with Crippen LogP contribution in [0.2, 0.25) is 0 Å². The summed E-state index contributed by atoms with van der Waals surface area (Å²) in [6.07, 6.45) is 2.41. The van der Waals surface area contributed by atoms with Crippen LogP contribution < -0.4 is 0 Å². The van der Waals surface area contributed by atoms with E-state index in [-0.39, 0.29) is 4.75 Å². The highest BCUT2D eigenvalue weighted by Crippen LogP contribution is 2.30. The van der Waals surface area contributed by atoms with E-state index < -0.39 is 0 Å². The van der Waals surface area contributed by atoms with Gasteiger partial charge in [-0.05, 0) is 18.8 Å². The Balaban J connectivity index is 2.41. The summed E-state index contributed by atoms with van der Waals surface area (Å²) < 4.78 is 0.183. The Morgan fingerprint density at radius 1 is 1.38 bits per heavy atom. The number of hydrogen-bond donors (Lipinski definition) is 0. The van der Waals surface area contributed by atoms with Gasteiger partial charge >= 0.3 is 0 Å². The third-order valence-corrected chi connectivity index (χ3v) is 3.76. The largest absolute Gasteiger partial charge is 0.339 e. The second kappa shape index (κ2) is 5.44. The van der Waals surface area contributed by atoms with Crippen LogP contribution >= 0.6 is 11.8 Å². The van der Waals surface area contributed by atoms with E-state index in [2.05, 4.69) is 39.5 Å². The van der Waals surface area contributed by atoms with Gasteiger partial charge in [0.1, 0.15) is 0 Å². The smallest absolute Gasteiger partial charge is 0.232 e. The fraction of sp³-hybridized carbons (Fsp3) is 0.923. The molecule has 1 fully saturated rings. The van der Waals surface area contributed by atoms with Gasteiger partial charge in [0, 0.05) is 17.3 Å².